The molecule has 0 saturated carbocycles. The number of rotatable bonds is 5. The van der Waals surface area contributed by atoms with Gasteiger partial charge in [0.15, 0.2) is 5.82 Å². The van der Waals surface area contributed by atoms with Crippen molar-refractivity contribution in [1.82, 2.24) is 29.3 Å². The van der Waals surface area contributed by atoms with Gasteiger partial charge in [-0.1, -0.05) is 13.8 Å². The predicted octanol–water partition coefficient (Wildman–Crippen LogP) is 2.45. The Labute approximate surface area is 218 Å². The molecule has 4 aromatic heterocycles. The standard InChI is InChI=1S/C27H28N8O3/c1-27(2)10-16-9-21-26(38)35(7-6-34(21)22(16)11-27)24-19(14-36)18(12-30-32-24)17-8-20(25(37)33(3)13-17)31-23-4-5-28-15-29-23/h4-5,8-9,12-13,15,36H,6-7,10-11,14H2,1-3H3,(H,28,29,31). The molecule has 2 N–H and O–H groups in total. The van der Waals surface area contributed by atoms with Crippen molar-refractivity contribution in [1.29, 1.82) is 0 Å². The van der Waals surface area contributed by atoms with E-state index in [-0.39, 0.29) is 23.5 Å². The maximum atomic E-state index is 13.6. The second-order valence-corrected chi connectivity index (χ2v) is 10.6. The van der Waals surface area contributed by atoms with Crippen LogP contribution >= 0.6 is 0 Å². The van der Waals surface area contributed by atoms with E-state index in [0.29, 0.717) is 52.8 Å². The molecule has 1 aliphatic carbocycles. The number of aliphatic hydroxyl groups is 1. The molecule has 0 bridgehead atoms. The Bertz CT molecular complexity index is 1620. The van der Waals surface area contributed by atoms with Gasteiger partial charge in [0, 0.05) is 54.9 Å². The highest BCUT2D eigenvalue weighted by atomic mass is 16.3. The zero-order chi connectivity index (χ0) is 26.6. The summed E-state index contributed by atoms with van der Waals surface area (Å²) in [6, 6.07) is 5.35. The molecule has 11 nitrogen and oxygen atoms in total. The third-order valence-electron chi connectivity index (χ3n) is 7.31. The molecule has 0 unspecified atom stereocenters. The molecule has 5 heterocycles. The fraction of sp³-hybridized carbons (Fsp3) is 0.333. The number of carbonyl (C=O) groups excluding carboxylic acids is 1. The van der Waals surface area contributed by atoms with Crippen molar-refractivity contribution >= 4 is 23.2 Å². The van der Waals surface area contributed by atoms with Crippen LogP contribution in [-0.2, 0) is 33.0 Å². The minimum atomic E-state index is -0.354. The Morgan fingerprint density at radius 3 is 2.76 bits per heavy atom. The summed E-state index contributed by atoms with van der Waals surface area (Å²) in [4.78, 5) is 36.1. The van der Waals surface area contributed by atoms with Gasteiger partial charge in [-0.3, -0.25) is 14.5 Å². The van der Waals surface area contributed by atoms with Gasteiger partial charge >= 0.3 is 0 Å². The van der Waals surface area contributed by atoms with Crippen LogP contribution in [0.5, 0.6) is 0 Å². The van der Waals surface area contributed by atoms with E-state index in [1.807, 2.05) is 6.07 Å². The summed E-state index contributed by atoms with van der Waals surface area (Å²) < 4.78 is 3.58. The first kappa shape index (κ1) is 24.0. The average Bonchev–Trinajstić information content (AvgIpc) is 3.39. The van der Waals surface area contributed by atoms with Crippen LogP contribution in [0.1, 0.15) is 41.2 Å². The summed E-state index contributed by atoms with van der Waals surface area (Å²) in [7, 11) is 1.65. The number of fused-ring (bicyclic) bond motifs is 3. The van der Waals surface area contributed by atoms with Crippen LogP contribution < -0.4 is 15.8 Å². The summed E-state index contributed by atoms with van der Waals surface area (Å²) in [6.45, 7) is 5.22. The molecule has 1 aliphatic heterocycles. The molecule has 194 valence electrons. The third kappa shape index (κ3) is 3.95. The van der Waals surface area contributed by atoms with Crippen LogP contribution in [0.4, 0.5) is 17.3 Å². The van der Waals surface area contributed by atoms with Gasteiger partial charge in [-0.2, -0.15) is 5.10 Å². The number of amides is 1. The summed E-state index contributed by atoms with van der Waals surface area (Å²) in [5.74, 6) is 0.640. The summed E-state index contributed by atoms with van der Waals surface area (Å²) >= 11 is 0. The first-order valence-electron chi connectivity index (χ1n) is 12.5. The molecule has 38 heavy (non-hydrogen) atoms. The molecule has 0 fully saturated rings. The van der Waals surface area contributed by atoms with E-state index in [2.05, 4.69) is 43.9 Å². The highest BCUT2D eigenvalue weighted by Gasteiger charge is 2.37. The Morgan fingerprint density at radius 2 is 2.00 bits per heavy atom. The highest BCUT2D eigenvalue weighted by Crippen LogP contribution is 2.40. The summed E-state index contributed by atoms with van der Waals surface area (Å²) in [5.41, 5.74) is 5.06. The second-order valence-electron chi connectivity index (χ2n) is 10.6. The molecule has 1 amide bonds. The molecule has 0 atom stereocenters. The topological polar surface area (TPSA) is 131 Å². The van der Waals surface area contributed by atoms with Crippen molar-refractivity contribution < 1.29 is 9.90 Å². The van der Waals surface area contributed by atoms with Gasteiger partial charge in [0.25, 0.3) is 11.5 Å². The number of hydrogen-bond donors (Lipinski definition) is 2. The van der Waals surface area contributed by atoms with Crippen molar-refractivity contribution in [3.63, 3.8) is 0 Å². The van der Waals surface area contributed by atoms with E-state index in [4.69, 9.17) is 0 Å². The number of pyridine rings is 1. The monoisotopic (exact) mass is 512 g/mol. The lowest BCUT2D eigenvalue weighted by molar-refractivity contribution is 0.0962. The first-order chi connectivity index (χ1) is 18.3. The van der Waals surface area contributed by atoms with Crippen LogP contribution in [-0.4, -0.2) is 46.9 Å². The molecule has 0 aromatic carbocycles. The average molecular weight is 513 g/mol. The van der Waals surface area contributed by atoms with Gasteiger partial charge in [-0.05, 0) is 42.0 Å². The van der Waals surface area contributed by atoms with Crippen molar-refractivity contribution in [2.75, 3.05) is 16.8 Å². The Kier molecular flexibility index (Phi) is 5.60. The van der Waals surface area contributed by atoms with Crippen LogP contribution in [0.2, 0.25) is 0 Å². The predicted molar refractivity (Wildman–Crippen MR) is 141 cm³/mol. The zero-order valence-corrected chi connectivity index (χ0v) is 21.5. The number of anilines is 3. The summed E-state index contributed by atoms with van der Waals surface area (Å²) in [6.07, 6.45) is 8.07. The third-order valence-corrected chi connectivity index (χ3v) is 7.31. The van der Waals surface area contributed by atoms with Crippen LogP contribution in [0.25, 0.3) is 11.1 Å². The number of carbonyl (C=O) groups is 1. The largest absolute Gasteiger partial charge is 0.392 e. The van der Waals surface area contributed by atoms with E-state index in [0.717, 1.165) is 12.8 Å². The minimum absolute atomic E-state index is 0.156. The van der Waals surface area contributed by atoms with Crippen molar-refractivity contribution in [3.8, 4) is 11.1 Å². The lowest BCUT2D eigenvalue weighted by atomic mass is 9.90. The molecule has 6 rings (SSSR count). The first-order valence-corrected chi connectivity index (χ1v) is 12.5. The quantitative estimate of drug-likeness (QED) is 0.417. The minimum Gasteiger partial charge on any atom is -0.392 e. The van der Waals surface area contributed by atoms with Gasteiger partial charge in [0.1, 0.15) is 23.5 Å². The zero-order valence-electron chi connectivity index (χ0n) is 21.5. The number of aryl methyl sites for hydroxylation is 1. The molecule has 4 aromatic rings. The molecular formula is C27H28N8O3. The van der Waals surface area contributed by atoms with Crippen LogP contribution in [0, 0.1) is 5.41 Å². The molecule has 2 aliphatic rings. The number of hydrogen-bond acceptors (Lipinski definition) is 8. The highest BCUT2D eigenvalue weighted by molar-refractivity contribution is 6.06. The lowest BCUT2D eigenvalue weighted by Crippen LogP contribution is -2.42. The number of aromatic nitrogens is 6. The normalized spacial score (nSPS) is 15.9. The van der Waals surface area contributed by atoms with Gasteiger partial charge in [-0.25, -0.2) is 9.97 Å². The second kappa shape index (κ2) is 8.88. The van der Waals surface area contributed by atoms with Gasteiger partial charge in [0.2, 0.25) is 0 Å². The Hall–Kier alpha value is -4.38. The van der Waals surface area contributed by atoms with Gasteiger partial charge in [0.05, 0.1) is 12.8 Å². The molecule has 0 saturated heterocycles. The summed E-state index contributed by atoms with van der Waals surface area (Å²) in [5, 5.41) is 21.9. The lowest BCUT2D eigenvalue weighted by Gasteiger charge is -2.30. The SMILES string of the molecule is Cn1cc(-c2cnnc(N3CCn4c(cc5c4CC(C)(C)C5)C3=O)c2CO)cc(Nc2ccncn2)c1=O. The van der Waals surface area contributed by atoms with Crippen LogP contribution in [0.3, 0.4) is 0 Å². The van der Waals surface area contributed by atoms with Gasteiger partial charge in [-0.15, -0.1) is 5.10 Å². The molecular weight excluding hydrogens is 484 g/mol. The fourth-order valence-electron chi connectivity index (χ4n) is 5.59. The van der Waals surface area contributed by atoms with E-state index in [1.54, 1.807) is 36.5 Å². The Morgan fingerprint density at radius 1 is 1.16 bits per heavy atom. The van der Waals surface area contributed by atoms with E-state index in [1.165, 1.54) is 28.3 Å². The molecule has 11 heteroatoms. The van der Waals surface area contributed by atoms with Crippen molar-refractivity contribution in [3.05, 3.63) is 76.0 Å². The number of nitrogens with one attached hydrogen (secondary N) is 1. The van der Waals surface area contributed by atoms with E-state index in [9.17, 15) is 14.7 Å². The van der Waals surface area contributed by atoms with Crippen molar-refractivity contribution in [2.24, 2.45) is 12.5 Å². The maximum absolute atomic E-state index is 13.6. The molecule has 0 radical (unpaired) electrons. The van der Waals surface area contributed by atoms with E-state index >= 15 is 0 Å². The van der Waals surface area contributed by atoms with Crippen LogP contribution in [0.15, 0.2) is 47.9 Å². The smallest absolute Gasteiger partial charge is 0.276 e. The van der Waals surface area contributed by atoms with Crippen molar-refractivity contribution in [2.45, 2.75) is 39.8 Å². The number of nitrogens with zero attached hydrogens (tertiary/aromatic N) is 7. The molecule has 0 spiro atoms. The maximum Gasteiger partial charge on any atom is 0.276 e. The fourth-order valence-corrected chi connectivity index (χ4v) is 5.59. The Balaban J connectivity index is 1.38. The number of aliphatic hydroxyl groups excluding tert-OH is 1. The van der Waals surface area contributed by atoms with Gasteiger partial charge < -0.3 is 19.6 Å². The van der Waals surface area contributed by atoms with E-state index < -0.39 is 0 Å².